The van der Waals surface area contributed by atoms with Crippen molar-refractivity contribution in [3.8, 4) is 0 Å². The lowest BCUT2D eigenvalue weighted by molar-refractivity contribution is -0.704. The van der Waals surface area contributed by atoms with Gasteiger partial charge >= 0.3 is 5.97 Å². The molecule has 0 aliphatic rings. The average Bonchev–Trinajstić information content (AvgIpc) is 2.15. The second-order valence-electron chi connectivity index (χ2n) is 2.69. The largest absolute Gasteiger partial charge is 0.481 e. The van der Waals surface area contributed by atoms with Gasteiger partial charge < -0.3 is 10.2 Å². The standard InChI is InChI=1S/C9H11NO3/c11-7-8-3-1-2-5-10(8)6-4-9(12)13/h1-3,5,11H,4,6-7H2/p+1. The average molecular weight is 182 g/mol. The predicted octanol–water partition coefficient (Wildman–Crippen LogP) is -0.0589. The SMILES string of the molecule is O=C(O)CC[n+]1ccccc1CO. The van der Waals surface area contributed by atoms with E-state index >= 15 is 0 Å². The van der Waals surface area contributed by atoms with Crippen LogP contribution in [0, 0.1) is 0 Å². The van der Waals surface area contributed by atoms with Gasteiger partial charge in [-0.3, -0.25) is 4.79 Å². The highest BCUT2D eigenvalue weighted by molar-refractivity contribution is 5.66. The number of hydrogen-bond donors (Lipinski definition) is 2. The van der Waals surface area contributed by atoms with E-state index in [1.165, 1.54) is 0 Å². The minimum absolute atomic E-state index is 0.0690. The highest BCUT2D eigenvalue weighted by Crippen LogP contribution is 1.91. The van der Waals surface area contributed by atoms with E-state index in [1.807, 2.05) is 6.07 Å². The molecule has 4 nitrogen and oxygen atoms in total. The number of aliphatic hydroxyl groups is 1. The molecule has 0 aliphatic heterocycles. The van der Waals surface area contributed by atoms with Crippen molar-refractivity contribution in [3.05, 3.63) is 30.1 Å². The normalized spacial score (nSPS) is 9.92. The zero-order valence-electron chi connectivity index (χ0n) is 7.18. The van der Waals surface area contributed by atoms with E-state index in [0.717, 1.165) is 5.69 Å². The Morgan fingerprint density at radius 1 is 1.46 bits per heavy atom. The highest BCUT2D eigenvalue weighted by atomic mass is 16.4. The van der Waals surface area contributed by atoms with E-state index < -0.39 is 5.97 Å². The molecule has 0 atom stereocenters. The molecular formula is C9H12NO3+. The molecular weight excluding hydrogens is 170 g/mol. The van der Waals surface area contributed by atoms with Gasteiger partial charge in [0, 0.05) is 12.1 Å². The minimum atomic E-state index is -0.833. The van der Waals surface area contributed by atoms with Gasteiger partial charge in [-0.15, -0.1) is 0 Å². The van der Waals surface area contributed by atoms with Crippen LogP contribution in [-0.2, 0) is 17.9 Å². The zero-order chi connectivity index (χ0) is 9.68. The third-order valence-corrected chi connectivity index (χ3v) is 1.76. The number of nitrogens with zero attached hydrogens (tertiary/aromatic N) is 1. The molecule has 1 aromatic rings. The van der Waals surface area contributed by atoms with Gasteiger partial charge in [0.25, 0.3) is 0 Å². The van der Waals surface area contributed by atoms with Crippen LogP contribution in [0.25, 0.3) is 0 Å². The molecule has 0 unspecified atom stereocenters. The highest BCUT2D eigenvalue weighted by Gasteiger charge is 2.09. The first-order valence-corrected chi connectivity index (χ1v) is 4.04. The van der Waals surface area contributed by atoms with E-state index in [4.69, 9.17) is 10.2 Å². The van der Waals surface area contributed by atoms with Crippen molar-refractivity contribution in [2.45, 2.75) is 19.6 Å². The zero-order valence-corrected chi connectivity index (χ0v) is 7.18. The summed E-state index contributed by atoms with van der Waals surface area (Å²) in [6.07, 6.45) is 1.83. The van der Waals surface area contributed by atoms with E-state index in [-0.39, 0.29) is 13.0 Å². The van der Waals surface area contributed by atoms with E-state index in [1.54, 1.807) is 22.9 Å². The lowest BCUT2D eigenvalue weighted by atomic mass is 10.3. The van der Waals surface area contributed by atoms with Crippen LogP contribution in [0.3, 0.4) is 0 Å². The fraction of sp³-hybridized carbons (Fsp3) is 0.333. The molecule has 70 valence electrons. The first-order chi connectivity index (χ1) is 6.24. The summed E-state index contributed by atoms with van der Waals surface area (Å²) in [7, 11) is 0. The first kappa shape index (κ1) is 9.67. The smallest absolute Gasteiger partial charge is 0.309 e. The molecule has 2 N–H and O–H groups in total. The van der Waals surface area contributed by atoms with Gasteiger partial charge in [0.2, 0.25) is 5.69 Å². The van der Waals surface area contributed by atoms with Crippen molar-refractivity contribution < 1.29 is 19.6 Å². The fourth-order valence-corrected chi connectivity index (χ4v) is 1.09. The summed E-state index contributed by atoms with van der Waals surface area (Å²) in [6.45, 7) is 0.326. The van der Waals surface area contributed by atoms with Gasteiger partial charge in [0.05, 0.1) is 0 Å². The van der Waals surface area contributed by atoms with Crippen molar-refractivity contribution in [3.63, 3.8) is 0 Å². The molecule has 1 rings (SSSR count). The topological polar surface area (TPSA) is 61.4 Å². The van der Waals surface area contributed by atoms with Crippen LogP contribution >= 0.6 is 0 Å². The number of hydrogen-bond acceptors (Lipinski definition) is 2. The van der Waals surface area contributed by atoms with Crippen molar-refractivity contribution in [2.75, 3.05) is 0 Å². The van der Waals surface area contributed by atoms with Gasteiger partial charge in [0.1, 0.15) is 13.0 Å². The Hall–Kier alpha value is -1.42. The molecule has 13 heavy (non-hydrogen) atoms. The molecule has 0 spiro atoms. The van der Waals surface area contributed by atoms with Crippen LogP contribution in [0.4, 0.5) is 0 Å². The third-order valence-electron chi connectivity index (χ3n) is 1.76. The summed E-state index contributed by atoms with van der Waals surface area (Å²) >= 11 is 0. The molecule has 0 bridgehead atoms. The monoisotopic (exact) mass is 182 g/mol. The summed E-state index contributed by atoms with van der Waals surface area (Å²) in [6, 6.07) is 5.38. The van der Waals surface area contributed by atoms with Gasteiger partial charge in [0.15, 0.2) is 12.7 Å². The minimum Gasteiger partial charge on any atom is -0.481 e. The Morgan fingerprint density at radius 3 is 2.85 bits per heavy atom. The number of aromatic nitrogens is 1. The Morgan fingerprint density at radius 2 is 2.23 bits per heavy atom. The lowest BCUT2D eigenvalue weighted by Crippen LogP contribution is -2.38. The van der Waals surface area contributed by atoms with Crippen LogP contribution in [0.15, 0.2) is 24.4 Å². The number of aliphatic hydroxyl groups excluding tert-OH is 1. The molecule has 0 saturated carbocycles. The number of aliphatic carboxylic acids is 1. The molecule has 0 radical (unpaired) electrons. The van der Waals surface area contributed by atoms with Crippen LogP contribution in [-0.4, -0.2) is 16.2 Å². The summed E-state index contributed by atoms with van der Waals surface area (Å²) in [5, 5.41) is 17.4. The molecule has 0 aromatic carbocycles. The number of carbonyl (C=O) groups is 1. The quantitative estimate of drug-likeness (QED) is 0.641. The molecule has 0 saturated heterocycles. The van der Waals surface area contributed by atoms with E-state index in [0.29, 0.717) is 6.54 Å². The van der Waals surface area contributed by atoms with E-state index in [2.05, 4.69) is 0 Å². The summed E-state index contributed by atoms with van der Waals surface area (Å²) in [5.41, 5.74) is 0.726. The van der Waals surface area contributed by atoms with Gasteiger partial charge in [-0.25, -0.2) is 0 Å². The molecule has 1 heterocycles. The Kier molecular flexibility index (Phi) is 3.40. The predicted molar refractivity (Wildman–Crippen MR) is 44.8 cm³/mol. The van der Waals surface area contributed by atoms with Gasteiger partial charge in [-0.05, 0) is 0 Å². The fourth-order valence-electron chi connectivity index (χ4n) is 1.09. The maximum atomic E-state index is 10.3. The molecule has 0 aliphatic carbocycles. The maximum absolute atomic E-state index is 10.3. The van der Waals surface area contributed by atoms with Crippen molar-refractivity contribution in [1.29, 1.82) is 0 Å². The maximum Gasteiger partial charge on any atom is 0.309 e. The molecule has 0 amide bonds. The van der Waals surface area contributed by atoms with E-state index in [9.17, 15) is 4.79 Å². The number of pyridine rings is 1. The van der Waals surface area contributed by atoms with Crippen LogP contribution < -0.4 is 4.57 Å². The molecule has 4 heteroatoms. The summed E-state index contributed by atoms with van der Waals surface area (Å²) in [5.74, 6) is -0.833. The number of carboxylic acid groups (broad SMARTS) is 1. The van der Waals surface area contributed by atoms with Crippen LogP contribution in [0.1, 0.15) is 12.1 Å². The van der Waals surface area contributed by atoms with Gasteiger partial charge in [-0.1, -0.05) is 6.07 Å². The Balaban J connectivity index is 2.69. The van der Waals surface area contributed by atoms with Crippen molar-refractivity contribution >= 4 is 5.97 Å². The van der Waals surface area contributed by atoms with Gasteiger partial charge in [-0.2, -0.15) is 4.57 Å². The third kappa shape index (κ3) is 2.83. The summed E-state index contributed by atoms with van der Waals surface area (Å²) in [4.78, 5) is 10.3. The van der Waals surface area contributed by atoms with Crippen molar-refractivity contribution in [2.24, 2.45) is 0 Å². The summed E-state index contributed by atoms with van der Waals surface area (Å²) < 4.78 is 1.73. The second kappa shape index (κ2) is 4.57. The Bertz CT molecular complexity index is 299. The van der Waals surface area contributed by atoms with Crippen molar-refractivity contribution in [1.82, 2.24) is 0 Å². The molecule has 1 aromatic heterocycles. The first-order valence-electron chi connectivity index (χ1n) is 4.04. The number of aryl methyl sites for hydroxylation is 1. The second-order valence-corrected chi connectivity index (χ2v) is 2.69. The van der Waals surface area contributed by atoms with Crippen LogP contribution in [0.5, 0.6) is 0 Å². The Labute approximate surface area is 76.1 Å². The number of rotatable bonds is 4. The molecule has 0 fully saturated rings. The lowest BCUT2D eigenvalue weighted by Gasteiger charge is -1.98. The van der Waals surface area contributed by atoms with Crippen LogP contribution in [0.2, 0.25) is 0 Å². The number of carboxylic acids is 1.